The number of rotatable bonds is 5. The molecule has 1 N–H and O–H groups in total. The van der Waals surface area contributed by atoms with E-state index in [9.17, 15) is 4.79 Å². The van der Waals surface area contributed by atoms with Crippen LogP contribution in [0.25, 0.3) is 17.1 Å². The first kappa shape index (κ1) is 19.8. The second-order valence-electron chi connectivity index (χ2n) is 7.22. The van der Waals surface area contributed by atoms with Crippen LogP contribution in [0, 0.1) is 18.6 Å². The van der Waals surface area contributed by atoms with Gasteiger partial charge in [-0.2, -0.15) is 5.10 Å². The number of nitrogens with zero attached hydrogens (tertiary/aromatic N) is 3. The fourth-order valence-electron chi connectivity index (χ4n) is 3.26. The van der Waals surface area contributed by atoms with Crippen molar-refractivity contribution in [2.45, 2.75) is 20.4 Å². The third-order valence-electron chi connectivity index (χ3n) is 4.76. The van der Waals surface area contributed by atoms with E-state index in [1.54, 1.807) is 4.68 Å². The molecule has 0 spiro atoms. The molecule has 1 heterocycles. The Morgan fingerprint density at radius 2 is 1.67 bits per heavy atom. The van der Waals surface area contributed by atoms with Crippen molar-refractivity contribution in [2.75, 3.05) is 5.32 Å². The quantitative estimate of drug-likeness (QED) is 0.449. The molecule has 1 aromatic heterocycles. The van der Waals surface area contributed by atoms with Crippen LogP contribution >= 0.6 is 12.2 Å². The van der Waals surface area contributed by atoms with Gasteiger partial charge in [-0.3, -0.25) is 9.36 Å². The number of hydrogen-bond donors (Lipinski definition) is 1. The maximum Gasteiger partial charge on any atom is 0.246 e. The Bertz CT molecular complexity index is 1240. The van der Waals surface area contributed by atoms with Gasteiger partial charge in [0, 0.05) is 11.3 Å². The number of carbonyl (C=O) groups is 1. The van der Waals surface area contributed by atoms with Crippen LogP contribution < -0.4 is 5.32 Å². The summed E-state index contributed by atoms with van der Waals surface area (Å²) in [6.45, 7) is 4.08. The van der Waals surface area contributed by atoms with Crippen molar-refractivity contribution < 1.29 is 4.79 Å². The topological polar surface area (TPSA) is 51.9 Å². The number of amides is 1. The summed E-state index contributed by atoms with van der Waals surface area (Å²) < 4.78 is 3.96. The predicted octanol–water partition coefficient (Wildman–Crippen LogP) is 5.33. The first-order chi connectivity index (χ1) is 14.5. The van der Waals surface area contributed by atoms with Crippen LogP contribution in [0.15, 0.2) is 78.9 Å². The molecule has 0 atom stereocenters. The minimum absolute atomic E-state index is 0.0331. The Labute approximate surface area is 180 Å². The van der Waals surface area contributed by atoms with Crippen molar-refractivity contribution in [3.05, 3.63) is 94.8 Å². The summed E-state index contributed by atoms with van der Waals surface area (Å²) in [7, 11) is 0. The zero-order valence-corrected chi connectivity index (χ0v) is 17.7. The predicted molar refractivity (Wildman–Crippen MR) is 122 cm³/mol. The van der Waals surface area contributed by atoms with E-state index in [-0.39, 0.29) is 12.5 Å². The molecule has 4 aromatic rings. The number of aromatic nitrogens is 3. The third-order valence-corrected chi connectivity index (χ3v) is 5.15. The van der Waals surface area contributed by atoms with Gasteiger partial charge < -0.3 is 5.32 Å². The third kappa shape index (κ3) is 4.23. The van der Waals surface area contributed by atoms with E-state index in [1.807, 2.05) is 91.2 Å². The van der Waals surface area contributed by atoms with Crippen LogP contribution in [0.2, 0.25) is 0 Å². The summed E-state index contributed by atoms with van der Waals surface area (Å²) in [6, 6.07) is 25.6. The molecule has 0 aliphatic carbocycles. The zero-order valence-electron chi connectivity index (χ0n) is 16.9. The molecule has 0 aliphatic heterocycles. The lowest BCUT2D eigenvalue weighted by atomic mass is 10.2. The Morgan fingerprint density at radius 3 is 2.37 bits per heavy atom. The smallest absolute Gasteiger partial charge is 0.246 e. The normalized spacial score (nSPS) is 10.7. The van der Waals surface area contributed by atoms with Gasteiger partial charge in [0.25, 0.3) is 0 Å². The molecule has 150 valence electrons. The van der Waals surface area contributed by atoms with Crippen LogP contribution in [0.4, 0.5) is 5.69 Å². The molecule has 0 bridgehead atoms. The number of carbonyl (C=O) groups excluding carboxylic acids is 1. The van der Waals surface area contributed by atoms with Crippen LogP contribution in [-0.2, 0) is 11.3 Å². The van der Waals surface area contributed by atoms with E-state index in [2.05, 4.69) is 11.4 Å². The lowest BCUT2D eigenvalue weighted by Gasteiger charge is -2.08. The lowest BCUT2D eigenvalue weighted by Crippen LogP contribution is -2.19. The maximum atomic E-state index is 12.6. The molecule has 0 saturated heterocycles. The van der Waals surface area contributed by atoms with Crippen molar-refractivity contribution in [1.82, 2.24) is 14.3 Å². The van der Waals surface area contributed by atoms with Crippen molar-refractivity contribution in [2.24, 2.45) is 0 Å². The average molecular weight is 415 g/mol. The number of benzene rings is 3. The highest BCUT2D eigenvalue weighted by Crippen LogP contribution is 2.23. The van der Waals surface area contributed by atoms with Gasteiger partial charge in [-0.25, -0.2) is 4.68 Å². The molecule has 0 saturated carbocycles. The van der Waals surface area contributed by atoms with Gasteiger partial charge in [0.15, 0.2) is 5.82 Å². The molecule has 0 unspecified atom stereocenters. The van der Waals surface area contributed by atoms with E-state index in [1.165, 1.54) is 0 Å². The molecule has 0 fully saturated rings. The number of anilines is 1. The summed E-state index contributed by atoms with van der Waals surface area (Å²) in [4.78, 5) is 12.6. The highest BCUT2D eigenvalue weighted by molar-refractivity contribution is 7.71. The molecule has 6 heteroatoms. The van der Waals surface area contributed by atoms with E-state index in [0.29, 0.717) is 10.6 Å². The molecule has 3 aromatic carbocycles. The highest BCUT2D eigenvalue weighted by atomic mass is 32.1. The number of hydrogen-bond acceptors (Lipinski definition) is 3. The average Bonchev–Trinajstić information content (AvgIpc) is 3.06. The van der Waals surface area contributed by atoms with Crippen LogP contribution in [-0.4, -0.2) is 20.3 Å². The van der Waals surface area contributed by atoms with Gasteiger partial charge in [0.1, 0.15) is 6.54 Å². The molecule has 0 aliphatic rings. The van der Waals surface area contributed by atoms with Gasteiger partial charge in [-0.15, -0.1) is 0 Å². The molecular weight excluding hydrogens is 392 g/mol. The second-order valence-corrected chi connectivity index (χ2v) is 7.58. The molecule has 5 nitrogen and oxygen atoms in total. The molecule has 30 heavy (non-hydrogen) atoms. The summed E-state index contributed by atoms with van der Waals surface area (Å²) in [5, 5.41) is 7.60. The minimum Gasteiger partial charge on any atom is -0.324 e. The van der Waals surface area contributed by atoms with Crippen molar-refractivity contribution >= 4 is 23.8 Å². The summed E-state index contributed by atoms with van der Waals surface area (Å²) in [5.74, 6) is 0.526. The van der Waals surface area contributed by atoms with Gasteiger partial charge in [0.05, 0.1) is 5.69 Å². The fourth-order valence-corrected chi connectivity index (χ4v) is 3.56. The first-order valence-corrected chi connectivity index (χ1v) is 10.1. The molecule has 4 rings (SSSR count). The van der Waals surface area contributed by atoms with Crippen molar-refractivity contribution in [3.8, 4) is 17.1 Å². The monoisotopic (exact) mass is 414 g/mol. The SMILES string of the molecule is Cc1ccc(NC(=O)Cn2nc(-c3ccccc3)n(-c3cccc(C)c3)c2=S)cc1. The van der Waals surface area contributed by atoms with Crippen molar-refractivity contribution in [1.29, 1.82) is 0 Å². The van der Waals surface area contributed by atoms with E-state index in [4.69, 9.17) is 17.3 Å². The zero-order chi connectivity index (χ0) is 21.1. The van der Waals surface area contributed by atoms with Gasteiger partial charge in [0.2, 0.25) is 10.7 Å². The van der Waals surface area contributed by atoms with Crippen LogP contribution in [0.5, 0.6) is 0 Å². The summed E-state index contributed by atoms with van der Waals surface area (Å²) >= 11 is 5.72. The summed E-state index contributed by atoms with van der Waals surface area (Å²) in [5.41, 5.74) is 4.86. The first-order valence-electron chi connectivity index (χ1n) is 9.70. The molecule has 1 amide bonds. The molecular formula is C24H22N4OS. The lowest BCUT2D eigenvalue weighted by molar-refractivity contribution is -0.116. The van der Waals surface area contributed by atoms with Crippen molar-refractivity contribution in [3.63, 3.8) is 0 Å². The van der Waals surface area contributed by atoms with E-state index in [0.717, 1.165) is 28.1 Å². The Hall–Kier alpha value is -3.51. The van der Waals surface area contributed by atoms with E-state index < -0.39 is 0 Å². The van der Waals surface area contributed by atoms with Gasteiger partial charge >= 0.3 is 0 Å². The minimum atomic E-state index is -0.177. The van der Waals surface area contributed by atoms with Crippen LogP contribution in [0.1, 0.15) is 11.1 Å². The van der Waals surface area contributed by atoms with E-state index >= 15 is 0 Å². The standard InChI is InChI=1S/C24H22N4OS/c1-17-11-13-20(14-12-17)25-22(29)16-27-24(30)28(21-10-6-7-18(2)15-21)23(26-27)19-8-4-3-5-9-19/h3-15H,16H2,1-2H3,(H,25,29). The molecule has 0 radical (unpaired) electrons. The summed E-state index contributed by atoms with van der Waals surface area (Å²) in [6.07, 6.45) is 0. The Kier molecular flexibility index (Phi) is 5.59. The van der Waals surface area contributed by atoms with Crippen LogP contribution in [0.3, 0.4) is 0 Å². The largest absolute Gasteiger partial charge is 0.324 e. The number of nitrogens with one attached hydrogen (secondary N) is 1. The van der Waals surface area contributed by atoms with Gasteiger partial charge in [-0.05, 0) is 55.9 Å². The Balaban J connectivity index is 1.71. The van der Waals surface area contributed by atoms with Gasteiger partial charge in [-0.1, -0.05) is 60.2 Å². The maximum absolute atomic E-state index is 12.6. The highest BCUT2D eigenvalue weighted by Gasteiger charge is 2.16. The number of aryl methyl sites for hydroxylation is 2. The second kappa shape index (κ2) is 8.47. The Morgan fingerprint density at radius 1 is 0.933 bits per heavy atom. The fraction of sp³-hybridized carbons (Fsp3) is 0.125.